The van der Waals surface area contributed by atoms with Crippen LogP contribution in [0, 0.1) is 0 Å². The Hall–Kier alpha value is -3.31. The van der Waals surface area contributed by atoms with Crippen LogP contribution in [0.5, 0.6) is 0 Å². The molecule has 0 spiro atoms. The monoisotopic (exact) mass is 381 g/mol. The van der Waals surface area contributed by atoms with Gasteiger partial charge in [0.1, 0.15) is 12.3 Å². The van der Waals surface area contributed by atoms with Gasteiger partial charge in [0.05, 0.1) is 6.26 Å². The van der Waals surface area contributed by atoms with Gasteiger partial charge in [-0.25, -0.2) is 4.79 Å². The number of rotatable bonds is 6. The highest BCUT2D eigenvalue weighted by Crippen LogP contribution is 2.14. The molecule has 0 radical (unpaired) electrons. The van der Waals surface area contributed by atoms with E-state index in [9.17, 15) is 9.59 Å². The summed E-state index contributed by atoms with van der Waals surface area (Å²) in [6, 6.07) is 19.2. The zero-order chi connectivity index (χ0) is 19.1. The number of carbonyl (C=O) groups is 2. The number of ether oxygens (including phenoxy) is 1. The van der Waals surface area contributed by atoms with Crippen molar-refractivity contribution in [2.45, 2.75) is 6.61 Å². The highest BCUT2D eigenvalue weighted by atomic mass is 35.5. The predicted molar refractivity (Wildman–Crippen MR) is 102 cm³/mol. The number of esters is 1. The van der Waals surface area contributed by atoms with E-state index in [0.717, 1.165) is 5.56 Å². The van der Waals surface area contributed by atoms with Gasteiger partial charge in [-0.3, -0.25) is 4.79 Å². The second-order valence-corrected chi connectivity index (χ2v) is 6.04. The van der Waals surface area contributed by atoms with Crippen LogP contribution in [0.3, 0.4) is 0 Å². The first-order valence-corrected chi connectivity index (χ1v) is 8.53. The van der Waals surface area contributed by atoms with E-state index in [4.69, 9.17) is 20.8 Å². The maximum atomic E-state index is 12.5. The summed E-state index contributed by atoms with van der Waals surface area (Å²) in [6.07, 6.45) is 2.90. The SMILES string of the molecule is O=C(OCc1ccccc1)C(=Cc1ccc(Cl)cc1)NC(=O)c1ccco1. The van der Waals surface area contributed by atoms with Crippen LogP contribution in [0.1, 0.15) is 21.7 Å². The minimum Gasteiger partial charge on any atom is -0.459 e. The zero-order valence-electron chi connectivity index (χ0n) is 14.2. The van der Waals surface area contributed by atoms with E-state index in [2.05, 4.69) is 5.32 Å². The summed E-state index contributed by atoms with van der Waals surface area (Å²) in [4.78, 5) is 24.8. The van der Waals surface area contributed by atoms with Crippen LogP contribution in [0.15, 0.2) is 83.1 Å². The van der Waals surface area contributed by atoms with Crippen LogP contribution in [-0.2, 0) is 16.1 Å². The smallest absolute Gasteiger partial charge is 0.355 e. The average molecular weight is 382 g/mol. The molecule has 2 aromatic carbocycles. The Kier molecular flexibility index (Phi) is 6.07. The van der Waals surface area contributed by atoms with Crippen LogP contribution >= 0.6 is 11.6 Å². The first-order chi connectivity index (χ1) is 13.1. The van der Waals surface area contributed by atoms with Gasteiger partial charge in [0, 0.05) is 5.02 Å². The summed E-state index contributed by atoms with van der Waals surface area (Å²) in [5, 5.41) is 3.11. The molecule has 0 aliphatic heterocycles. The largest absolute Gasteiger partial charge is 0.459 e. The summed E-state index contributed by atoms with van der Waals surface area (Å²) in [7, 11) is 0. The standard InChI is InChI=1S/C21H16ClNO4/c22-17-10-8-15(9-11-17)13-18(23-20(24)19-7-4-12-26-19)21(25)27-14-16-5-2-1-3-6-16/h1-13H,14H2,(H,23,24). The second-order valence-electron chi connectivity index (χ2n) is 5.60. The van der Waals surface area contributed by atoms with E-state index in [1.54, 1.807) is 30.3 Å². The molecule has 0 saturated carbocycles. The van der Waals surface area contributed by atoms with Gasteiger partial charge in [0.15, 0.2) is 5.76 Å². The summed E-state index contributed by atoms with van der Waals surface area (Å²) in [5.74, 6) is -1.11. The molecule has 0 saturated heterocycles. The summed E-state index contributed by atoms with van der Waals surface area (Å²) >= 11 is 5.89. The van der Waals surface area contributed by atoms with E-state index in [1.165, 1.54) is 18.4 Å². The van der Waals surface area contributed by atoms with Crippen molar-refractivity contribution in [2.75, 3.05) is 0 Å². The Morgan fingerprint density at radius 3 is 2.41 bits per heavy atom. The molecule has 0 fully saturated rings. The number of hydrogen-bond donors (Lipinski definition) is 1. The summed E-state index contributed by atoms with van der Waals surface area (Å²) < 4.78 is 10.4. The Balaban J connectivity index is 1.78. The topological polar surface area (TPSA) is 68.5 Å². The maximum absolute atomic E-state index is 12.5. The molecule has 0 aliphatic rings. The van der Waals surface area contributed by atoms with E-state index in [1.807, 2.05) is 30.3 Å². The number of benzene rings is 2. The van der Waals surface area contributed by atoms with Crippen LogP contribution in [0.4, 0.5) is 0 Å². The molecule has 0 aliphatic carbocycles. The number of halogens is 1. The van der Waals surface area contributed by atoms with Crippen molar-refractivity contribution in [1.82, 2.24) is 5.32 Å². The number of amides is 1. The van der Waals surface area contributed by atoms with Gasteiger partial charge < -0.3 is 14.5 Å². The fraction of sp³-hybridized carbons (Fsp3) is 0.0476. The van der Waals surface area contributed by atoms with Crippen molar-refractivity contribution in [2.24, 2.45) is 0 Å². The molecule has 1 amide bonds. The molecule has 1 N–H and O–H groups in total. The van der Waals surface area contributed by atoms with Gasteiger partial charge in [0.2, 0.25) is 0 Å². The minimum absolute atomic E-state index is 0.00495. The summed E-state index contributed by atoms with van der Waals surface area (Å²) in [6.45, 7) is 0.0915. The lowest BCUT2D eigenvalue weighted by Gasteiger charge is -2.10. The van der Waals surface area contributed by atoms with Crippen molar-refractivity contribution in [3.05, 3.63) is 101 Å². The molecule has 3 rings (SSSR count). The van der Waals surface area contributed by atoms with Crippen molar-refractivity contribution in [3.63, 3.8) is 0 Å². The third-order valence-electron chi connectivity index (χ3n) is 3.61. The van der Waals surface area contributed by atoms with Crippen LogP contribution < -0.4 is 5.32 Å². The molecule has 1 aromatic heterocycles. The first kappa shape index (κ1) is 18.5. The quantitative estimate of drug-likeness (QED) is 0.506. The minimum atomic E-state index is -0.659. The van der Waals surface area contributed by atoms with Gasteiger partial charge in [-0.2, -0.15) is 0 Å². The van der Waals surface area contributed by atoms with Gasteiger partial charge in [0.25, 0.3) is 5.91 Å². The normalized spacial score (nSPS) is 11.1. The Morgan fingerprint density at radius 1 is 1.00 bits per heavy atom. The fourth-order valence-corrected chi connectivity index (χ4v) is 2.39. The molecular weight excluding hydrogens is 366 g/mol. The lowest BCUT2D eigenvalue weighted by atomic mass is 10.2. The van der Waals surface area contributed by atoms with E-state index in [0.29, 0.717) is 10.6 Å². The Bertz CT molecular complexity index is 932. The molecule has 0 bridgehead atoms. The second kappa shape index (κ2) is 8.87. The first-order valence-electron chi connectivity index (χ1n) is 8.15. The Morgan fingerprint density at radius 2 is 1.74 bits per heavy atom. The molecule has 136 valence electrons. The maximum Gasteiger partial charge on any atom is 0.355 e. The number of furan rings is 1. The van der Waals surface area contributed by atoms with Gasteiger partial charge in [-0.1, -0.05) is 54.1 Å². The van der Waals surface area contributed by atoms with E-state index < -0.39 is 11.9 Å². The van der Waals surface area contributed by atoms with Crippen molar-refractivity contribution >= 4 is 29.6 Å². The number of nitrogens with one attached hydrogen (secondary N) is 1. The van der Waals surface area contributed by atoms with Crippen molar-refractivity contribution < 1.29 is 18.7 Å². The molecule has 6 heteroatoms. The van der Waals surface area contributed by atoms with Gasteiger partial charge >= 0.3 is 5.97 Å². The molecular formula is C21H16ClNO4. The van der Waals surface area contributed by atoms with Gasteiger partial charge in [-0.05, 0) is 41.5 Å². The van der Waals surface area contributed by atoms with Gasteiger partial charge in [-0.15, -0.1) is 0 Å². The third-order valence-corrected chi connectivity index (χ3v) is 3.86. The molecule has 0 atom stereocenters. The number of hydrogen-bond acceptors (Lipinski definition) is 4. The Labute approximate surface area is 161 Å². The van der Waals surface area contributed by atoms with Crippen molar-refractivity contribution in [3.8, 4) is 0 Å². The number of carbonyl (C=O) groups excluding carboxylic acids is 2. The molecule has 5 nitrogen and oxygen atoms in total. The van der Waals surface area contributed by atoms with Crippen molar-refractivity contribution in [1.29, 1.82) is 0 Å². The highest BCUT2D eigenvalue weighted by molar-refractivity contribution is 6.30. The highest BCUT2D eigenvalue weighted by Gasteiger charge is 2.17. The average Bonchev–Trinajstić information content (AvgIpc) is 3.23. The molecule has 27 heavy (non-hydrogen) atoms. The zero-order valence-corrected chi connectivity index (χ0v) is 15.0. The molecule has 3 aromatic rings. The van der Waals surface area contributed by atoms with Crippen LogP contribution in [-0.4, -0.2) is 11.9 Å². The van der Waals surface area contributed by atoms with E-state index in [-0.39, 0.29) is 18.1 Å². The summed E-state index contributed by atoms with van der Waals surface area (Å²) in [5.41, 5.74) is 1.52. The van der Waals surface area contributed by atoms with E-state index >= 15 is 0 Å². The van der Waals surface area contributed by atoms with Crippen LogP contribution in [0.2, 0.25) is 5.02 Å². The fourth-order valence-electron chi connectivity index (χ4n) is 2.26. The van der Waals surface area contributed by atoms with Crippen LogP contribution in [0.25, 0.3) is 6.08 Å². The molecule has 0 unspecified atom stereocenters. The lowest BCUT2D eigenvalue weighted by Crippen LogP contribution is -2.28. The predicted octanol–water partition coefficient (Wildman–Crippen LogP) is 4.45. The lowest BCUT2D eigenvalue weighted by molar-refractivity contribution is -0.140. The third kappa shape index (κ3) is 5.33. The molecule has 1 heterocycles.